The van der Waals surface area contributed by atoms with Gasteiger partial charge in [-0.2, -0.15) is 0 Å². The molecule has 1 aromatic heterocycles. The van der Waals surface area contributed by atoms with E-state index in [9.17, 15) is 14.4 Å². The number of thiophene rings is 1. The lowest BCUT2D eigenvalue weighted by molar-refractivity contribution is -0.129. The molecule has 3 rings (SSSR count). The molecule has 28 heavy (non-hydrogen) atoms. The smallest absolute Gasteiger partial charge is 0.349 e. The Labute approximate surface area is 168 Å². The van der Waals surface area contributed by atoms with Crippen LogP contribution < -0.4 is 10.6 Å². The van der Waals surface area contributed by atoms with Crippen molar-refractivity contribution in [3.63, 3.8) is 0 Å². The molecule has 7 heteroatoms. The summed E-state index contributed by atoms with van der Waals surface area (Å²) < 4.78 is 5.54. The van der Waals surface area contributed by atoms with Crippen LogP contribution >= 0.6 is 11.3 Å². The van der Waals surface area contributed by atoms with Crippen LogP contribution in [0.1, 0.15) is 51.5 Å². The Kier molecular flexibility index (Phi) is 6.46. The molecule has 0 bridgehead atoms. The Balaban J connectivity index is 1.79. The van der Waals surface area contributed by atoms with E-state index < -0.39 is 24.0 Å². The van der Waals surface area contributed by atoms with Crippen molar-refractivity contribution in [2.75, 3.05) is 7.05 Å². The standard InChI is InChI=1S/C21H24N2O4S/c1-3-13-9-10-16-15(11-13)12-17(28-16)20(25)27-18(14-7-5-4-6-8-14)19(24)23-21(26)22-2/h4-8,12-13,18H,3,9-11H2,1-2H3,(H2,22,23,24,26)/t13-,18+/m1/s1. The van der Waals surface area contributed by atoms with Gasteiger partial charge in [0.05, 0.1) is 0 Å². The first-order valence-corrected chi connectivity index (χ1v) is 10.2. The third-order valence-corrected chi connectivity index (χ3v) is 6.21. The zero-order valence-electron chi connectivity index (χ0n) is 16.0. The van der Waals surface area contributed by atoms with Gasteiger partial charge in [0.1, 0.15) is 4.88 Å². The molecular formula is C21H24N2O4S. The van der Waals surface area contributed by atoms with Gasteiger partial charge in [-0.3, -0.25) is 10.1 Å². The fraction of sp³-hybridized carbons (Fsp3) is 0.381. The van der Waals surface area contributed by atoms with Gasteiger partial charge < -0.3 is 10.1 Å². The van der Waals surface area contributed by atoms with Crippen molar-refractivity contribution >= 4 is 29.2 Å². The summed E-state index contributed by atoms with van der Waals surface area (Å²) in [6, 6.07) is 9.91. The highest BCUT2D eigenvalue weighted by Crippen LogP contribution is 2.34. The van der Waals surface area contributed by atoms with Gasteiger partial charge >= 0.3 is 12.0 Å². The van der Waals surface area contributed by atoms with E-state index in [1.807, 2.05) is 6.07 Å². The Morgan fingerprint density at radius 2 is 2.00 bits per heavy atom. The molecule has 2 atom stereocenters. The highest BCUT2D eigenvalue weighted by molar-refractivity contribution is 7.14. The van der Waals surface area contributed by atoms with Crippen LogP contribution in [0.2, 0.25) is 0 Å². The molecule has 148 valence electrons. The van der Waals surface area contributed by atoms with Gasteiger partial charge in [-0.15, -0.1) is 11.3 Å². The molecule has 0 radical (unpaired) electrons. The molecule has 1 aliphatic rings. The predicted octanol–water partition coefficient (Wildman–Crippen LogP) is 3.62. The summed E-state index contributed by atoms with van der Waals surface area (Å²) in [5, 5.41) is 4.51. The molecule has 0 spiro atoms. The first-order valence-electron chi connectivity index (χ1n) is 9.41. The number of imide groups is 1. The predicted molar refractivity (Wildman–Crippen MR) is 107 cm³/mol. The summed E-state index contributed by atoms with van der Waals surface area (Å²) in [4.78, 5) is 38.5. The first-order chi connectivity index (χ1) is 13.5. The van der Waals surface area contributed by atoms with E-state index in [0.29, 0.717) is 16.4 Å². The monoisotopic (exact) mass is 400 g/mol. The lowest BCUT2D eigenvalue weighted by Gasteiger charge is -2.19. The number of carbonyl (C=O) groups excluding carboxylic acids is 3. The molecule has 1 heterocycles. The molecule has 0 unspecified atom stereocenters. The Morgan fingerprint density at radius 1 is 1.25 bits per heavy atom. The Morgan fingerprint density at radius 3 is 2.68 bits per heavy atom. The van der Waals surface area contributed by atoms with Crippen molar-refractivity contribution in [1.29, 1.82) is 0 Å². The minimum absolute atomic E-state index is 0.496. The number of carbonyl (C=O) groups is 3. The second-order valence-electron chi connectivity index (χ2n) is 6.84. The number of nitrogens with one attached hydrogen (secondary N) is 2. The zero-order chi connectivity index (χ0) is 20.1. The molecule has 3 amide bonds. The van der Waals surface area contributed by atoms with Crippen molar-refractivity contribution in [1.82, 2.24) is 10.6 Å². The maximum atomic E-state index is 12.8. The summed E-state index contributed by atoms with van der Waals surface area (Å²) in [5.74, 6) is -0.582. The molecule has 6 nitrogen and oxygen atoms in total. The van der Waals surface area contributed by atoms with Crippen LogP contribution in [0.3, 0.4) is 0 Å². The van der Waals surface area contributed by atoms with Crippen LogP contribution in [0.4, 0.5) is 4.79 Å². The van der Waals surface area contributed by atoms with E-state index in [1.54, 1.807) is 30.3 Å². The normalized spacial score (nSPS) is 16.6. The Bertz CT molecular complexity index is 863. The van der Waals surface area contributed by atoms with Gasteiger partial charge in [0.25, 0.3) is 5.91 Å². The van der Waals surface area contributed by atoms with Crippen molar-refractivity contribution in [2.45, 2.75) is 38.7 Å². The molecule has 1 aromatic carbocycles. The first kappa shape index (κ1) is 20.1. The zero-order valence-corrected chi connectivity index (χ0v) is 16.8. The van der Waals surface area contributed by atoms with E-state index >= 15 is 0 Å². The highest BCUT2D eigenvalue weighted by atomic mass is 32.1. The summed E-state index contributed by atoms with van der Waals surface area (Å²) in [5.41, 5.74) is 1.71. The SMILES string of the molecule is CC[C@@H]1CCc2sc(C(=O)O[C@H](C(=O)NC(=O)NC)c3ccccc3)cc2C1. The van der Waals surface area contributed by atoms with Gasteiger partial charge in [-0.25, -0.2) is 9.59 Å². The van der Waals surface area contributed by atoms with Crippen LogP contribution in [0.25, 0.3) is 0 Å². The van der Waals surface area contributed by atoms with Crippen LogP contribution in [0, 0.1) is 5.92 Å². The molecule has 2 aromatic rings. The number of esters is 1. The summed E-state index contributed by atoms with van der Waals surface area (Å²) >= 11 is 1.44. The second kappa shape index (κ2) is 9.01. The average molecular weight is 401 g/mol. The van der Waals surface area contributed by atoms with E-state index in [0.717, 1.165) is 25.7 Å². The fourth-order valence-electron chi connectivity index (χ4n) is 3.35. The lowest BCUT2D eigenvalue weighted by Crippen LogP contribution is -2.41. The molecule has 0 fully saturated rings. The molecule has 1 aliphatic carbocycles. The third-order valence-electron chi connectivity index (χ3n) is 4.99. The maximum absolute atomic E-state index is 12.8. The number of aryl methyl sites for hydroxylation is 1. The highest BCUT2D eigenvalue weighted by Gasteiger charge is 2.29. The number of rotatable bonds is 5. The minimum atomic E-state index is -1.20. The molecule has 0 aliphatic heterocycles. The molecular weight excluding hydrogens is 376 g/mol. The van der Waals surface area contributed by atoms with Crippen LogP contribution in [0.15, 0.2) is 36.4 Å². The van der Waals surface area contributed by atoms with Crippen molar-refractivity contribution in [3.05, 3.63) is 57.3 Å². The van der Waals surface area contributed by atoms with Crippen LogP contribution in [-0.4, -0.2) is 25.0 Å². The van der Waals surface area contributed by atoms with Crippen LogP contribution in [-0.2, 0) is 22.4 Å². The molecule has 2 N–H and O–H groups in total. The number of benzene rings is 1. The summed E-state index contributed by atoms with van der Waals surface area (Å²) in [6.45, 7) is 2.19. The number of hydrogen-bond acceptors (Lipinski definition) is 5. The van der Waals surface area contributed by atoms with E-state index in [4.69, 9.17) is 4.74 Å². The second-order valence-corrected chi connectivity index (χ2v) is 7.98. The topological polar surface area (TPSA) is 84.5 Å². The average Bonchev–Trinajstić information content (AvgIpc) is 3.15. The van der Waals surface area contributed by atoms with E-state index in [2.05, 4.69) is 17.6 Å². The van der Waals surface area contributed by atoms with E-state index in [1.165, 1.54) is 28.8 Å². The molecule has 0 saturated carbocycles. The van der Waals surface area contributed by atoms with Gasteiger partial charge in [-0.05, 0) is 36.8 Å². The number of fused-ring (bicyclic) bond motifs is 1. The number of hydrogen-bond donors (Lipinski definition) is 2. The number of urea groups is 1. The van der Waals surface area contributed by atoms with Crippen molar-refractivity contribution < 1.29 is 19.1 Å². The van der Waals surface area contributed by atoms with E-state index in [-0.39, 0.29) is 0 Å². The Hall–Kier alpha value is -2.67. The number of ether oxygens (including phenoxy) is 1. The van der Waals surface area contributed by atoms with Gasteiger partial charge in [0.15, 0.2) is 0 Å². The maximum Gasteiger partial charge on any atom is 0.349 e. The third kappa shape index (κ3) is 4.59. The fourth-order valence-corrected chi connectivity index (χ4v) is 4.45. The quantitative estimate of drug-likeness (QED) is 0.751. The lowest BCUT2D eigenvalue weighted by atomic mass is 9.87. The summed E-state index contributed by atoms with van der Waals surface area (Å²) in [6.07, 6.45) is 3.03. The van der Waals surface area contributed by atoms with Crippen LogP contribution in [0.5, 0.6) is 0 Å². The van der Waals surface area contributed by atoms with Gasteiger partial charge in [0.2, 0.25) is 6.10 Å². The summed E-state index contributed by atoms with van der Waals surface area (Å²) in [7, 11) is 1.41. The van der Waals surface area contributed by atoms with Gasteiger partial charge in [-0.1, -0.05) is 43.7 Å². The number of amides is 3. The largest absolute Gasteiger partial charge is 0.443 e. The minimum Gasteiger partial charge on any atom is -0.443 e. The van der Waals surface area contributed by atoms with Crippen molar-refractivity contribution in [2.24, 2.45) is 5.92 Å². The van der Waals surface area contributed by atoms with Crippen molar-refractivity contribution in [3.8, 4) is 0 Å². The van der Waals surface area contributed by atoms with Gasteiger partial charge in [0, 0.05) is 17.5 Å². The molecule has 0 saturated heterocycles.